The molecule has 136 valence electrons. The van der Waals surface area contributed by atoms with Crippen LogP contribution >= 0.6 is 0 Å². The summed E-state index contributed by atoms with van der Waals surface area (Å²) >= 11 is 0. The SMILES string of the molecule is CCn1c(C2CCN(S(=O)(=O)C3CC3)CC2)nn(CCOC)c1=O. The van der Waals surface area contributed by atoms with Gasteiger partial charge in [0.05, 0.1) is 18.4 Å². The molecular formula is C15H26N4O4S. The monoisotopic (exact) mass is 358 g/mol. The summed E-state index contributed by atoms with van der Waals surface area (Å²) in [6.07, 6.45) is 3.02. The van der Waals surface area contributed by atoms with E-state index in [9.17, 15) is 13.2 Å². The van der Waals surface area contributed by atoms with E-state index in [4.69, 9.17) is 4.74 Å². The minimum Gasteiger partial charge on any atom is -0.383 e. The standard InChI is InChI=1S/C15H26N4O4S/c1-3-18-14(16-19(15(18)20)10-11-23-2)12-6-8-17(9-7-12)24(21,22)13-4-5-13/h12-13H,3-11H2,1-2H3. The van der Waals surface area contributed by atoms with Crippen molar-refractivity contribution in [2.45, 2.75) is 56.9 Å². The van der Waals surface area contributed by atoms with Crippen molar-refractivity contribution in [3.8, 4) is 0 Å². The van der Waals surface area contributed by atoms with Crippen molar-refractivity contribution < 1.29 is 13.2 Å². The Morgan fingerprint density at radius 3 is 2.42 bits per heavy atom. The first-order valence-electron chi connectivity index (χ1n) is 8.64. The lowest BCUT2D eigenvalue weighted by Crippen LogP contribution is -2.40. The molecule has 1 aliphatic heterocycles. The van der Waals surface area contributed by atoms with Gasteiger partial charge in [-0.15, -0.1) is 0 Å². The normalized spacial score (nSPS) is 20.6. The van der Waals surface area contributed by atoms with Crippen molar-refractivity contribution in [2.75, 3.05) is 26.8 Å². The first-order valence-corrected chi connectivity index (χ1v) is 10.1. The van der Waals surface area contributed by atoms with Gasteiger partial charge in [-0.05, 0) is 32.6 Å². The molecule has 3 rings (SSSR count). The molecular weight excluding hydrogens is 332 g/mol. The highest BCUT2D eigenvalue weighted by Gasteiger charge is 2.41. The maximum Gasteiger partial charge on any atom is 0.345 e. The lowest BCUT2D eigenvalue weighted by atomic mass is 9.97. The summed E-state index contributed by atoms with van der Waals surface area (Å²) < 4.78 is 34.5. The van der Waals surface area contributed by atoms with Crippen LogP contribution in [0.2, 0.25) is 0 Å². The zero-order valence-corrected chi connectivity index (χ0v) is 15.2. The summed E-state index contributed by atoms with van der Waals surface area (Å²) in [7, 11) is -1.51. The second kappa shape index (κ2) is 6.97. The lowest BCUT2D eigenvalue weighted by Gasteiger charge is -2.30. The van der Waals surface area contributed by atoms with Gasteiger partial charge in [-0.1, -0.05) is 0 Å². The highest BCUT2D eigenvalue weighted by Crippen LogP contribution is 2.34. The quantitative estimate of drug-likeness (QED) is 0.703. The van der Waals surface area contributed by atoms with Crippen LogP contribution in [0.15, 0.2) is 4.79 Å². The van der Waals surface area contributed by atoms with Crippen LogP contribution in [0.3, 0.4) is 0 Å². The molecule has 24 heavy (non-hydrogen) atoms. The van der Waals surface area contributed by atoms with Crippen molar-refractivity contribution in [1.29, 1.82) is 0 Å². The second-order valence-electron chi connectivity index (χ2n) is 6.52. The molecule has 0 bridgehead atoms. The highest BCUT2D eigenvalue weighted by atomic mass is 32.2. The van der Waals surface area contributed by atoms with Crippen LogP contribution in [-0.4, -0.2) is 59.1 Å². The van der Waals surface area contributed by atoms with E-state index in [1.807, 2.05) is 6.92 Å². The van der Waals surface area contributed by atoms with Gasteiger partial charge >= 0.3 is 5.69 Å². The number of methoxy groups -OCH3 is 1. The van der Waals surface area contributed by atoms with Crippen LogP contribution in [0.5, 0.6) is 0 Å². The van der Waals surface area contributed by atoms with Gasteiger partial charge in [-0.2, -0.15) is 5.10 Å². The van der Waals surface area contributed by atoms with Gasteiger partial charge in [0, 0.05) is 32.7 Å². The van der Waals surface area contributed by atoms with Gasteiger partial charge in [0.25, 0.3) is 0 Å². The van der Waals surface area contributed by atoms with Crippen molar-refractivity contribution in [2.24, 2.45) is 0 Å². The minimum absolute atomic E-state index is 0.113. The molecule has 2 fully saturated rings. The number of nitrogens with zero attached hydrogens (tertiary/aromatic N) is 4. The number of hydrogen-bond acceptors (Lipinski definition) is 5. The summed E-state index contributed by atoms with van der Waals surface area (Å²) in [5.41, 5.74) is -0.113. The van der Waals surface area contributed by atoms with Crippen LogP contribution in [0.25, 0.3) is 0 Å². The summed E-state index contributed by atoms with van der Waals surface area (Å²) in [4.78, 5) is 12.4. The molecule has 1 saturated heterocycles. The zero-order valence-electron chi connectivity index (χ0n) is 14.3. The van der Waals surface area contributed by atoms with Gasteiger partial charge in [-0.25, -0.2) is 22.2 Å². The van der Waals surface area contributed by atoms with Crippen molar-refractivity contribution in [3.05, 3.63) is 16.3 Å². The van der Waals surface area contributed by atoms with E-state index in [0.29, 0.717) is 45.6 Å². The van der Waals surface area contributed by atoms with E-state index in [-0.39, 0.29) is 16.9 Å². The van der Waals surface area contributed by atoms with E-state index in [0.717, 1.165) is 18.7 Å². The largest absolute Gasteiger partial charge is 0.383 e. The molecule has 8 nitrogen and oxygen atoms in total. The Kier molecular flexibility index (Phi) is 5.12. The third-order valence-electron chi connectivity index (χ3n) is 4.90. The van der Waals surface area contributed by atoms with Gasteiger partial charge in [0.2, 0.25) is 10.0 Å². The molecule has 1 aromatic heterocycles. The lowest BCUT2D eigenvalue weighted by molar-refractivity contribution is 0.182. The highest BCUT2D eigenvalue weighted by molar-refractivity contribution is 7.90. The molecule has 2 aliphatic rings. The average molecular weight is 358 g/mol. The third-order valence-corrected chi connectivity index (χ3v) is 7.30. The molecule has 9 heteroatoms. The summed E-state index contributed by atoms with van der Waals surface area (Å²) in [6, 6.07) is 0. The Morgan fingerprint density at radius 2 is 1.88 bits per heavy atom. The molecule has 2 heterocycles. The van der Waals surface area contributed by atoms with E-state index in [2.05, 4.69) is 5.10 Å². The molecule has 0 spiro atoms. The Morgan fingerprint density at radius 1 is 1.21 bits per heavy atom. The van der Waals surface area contributed by atoms with Crippen molar-refractivity contribution >= 4 is 10.0 Å². The van der Waals surface area contributed by atoms with Gasteiger partial charge in [0.15, 0.2) is 0 Å². The van der Waals surface area contributed by atoms with E-state index in [1.54, 1.807) is 16.0 Å². The van der Waals surface area contributed by atoms with E-state index >= 15 is 0 Å². The minimum atomic E-state index is -3.10. The molecule has 1 aliphatic carbocycles. The number of sulfonamides is 1. The van der Waals surface area contributed by atoms with Crippen LogP contribution in [0.4, 0.5) is 0 Å². The molecule has 0 atom stereocenters. The number of aromatic nitrogens is 3. The predicted molar refractivity (Wildman–Crippen MR) is 89.5 cm³/mol. The second-order valence-corrected chi connectivity index (χ2v) is 8.73. The fourth-order valence-corrected chi connectivity index (χ4v) is 5.20. The first kappa shape index (κ1) is 17.6. The summed E-state index contributed by atoms with van der Waals surface area (Å²) in [5, 5.41) is 4.34. The molecule has 0 amide bonds. The molecule has 0 aromatic carbocycles. The van der Waals surface area contributed by atoms with E-state index < -0.39 is 10.0 Å². The Balaban J connectivity index is 1.73. The number of ether oxygens (including phenoxy) is 1. The Hall–Kier alpha value is -1.19. The maximum absolute atomic E-state index is 12.4. The average Bonchev–Trinajstić information content (AvgIpc) is 3.39. The fraction of sp³-hybridized carbons (Fsp3) is 0.867. The first-order chi connectivity index (χ1) is 11.5. The molecule has 0 radical (unpaired) electrons. The number of piperidine rings is 1. The summed E-state index contributed by atoms with van der Waals surface area (Å²) in [5.74, 6) is 0.911. The Bertz CT molecular complexity index is 727. The van der Waals surface area contributed by atoms with Gasteiger partial charge in [-0.3, -0.25) is 4.57 Å². The summed E-state index contributed by atoms with van der Waals surface area (Å²) in [6.45, 7) is 4.42. The molecule has 0 unspecified atom stereocenters. The van der Waals surface area contributed by atoms with Gasteiger partial charge < -0.3 is 4.74 Å². The predicted octanol–water partition coefficient (Wildman–Crippen LogP) is 0.383. The number of hydrogen-bond donors (Lipinski definition) is 0. The third kappa shape index (κ3) is 3.29. The van der Waals surface area contributed by atoms with Crippen LogP contribution in [-0.2, 0) is 27.8 Å². The number of rotatable bonds is 7. The van der Waals surface area contributed by atoms with Gasteiger partial charge in [0.1, 0.15) is 5.82 Å². The smallest absolute Gasteiger partial charge is 0.345 e. The van der Waals surface area contributed by atoms with Crippen LogP contribution < -0.4 is 5.69 Å². The van der Waals surface area contributed by atoms with Crippen LogP contribution in [0, 0.1) is 0 Å². The topological polar surface area (TPSA) is 86.4 Å². The van der Waals surface area contributed by atoms with Crippen molar-refractivity contribution in [3.63, 3.8) is 0 Å². The fourth-order valence-electron chi connectivity index (χ4n) is 3.33. The molecule has 1 saturated carbocycles. The van der Waals surface area contributed by atoms with Crippen LogP contribution in [0.1, 0.15) is 44.3 Å². The molecule has 1 aromatic rings. The Labute approximate surface area is 142 Å². The van der Waals surface area contributed by atoms with Crippen molar-refractivity contribution in [1.82, 2.24) is 18.7 Å². The van der Waals surface area contributed by atoms with E-state index in [1.165, 1.54) is 4.68 Å². The zero-order chi connectivity index (χ0) is 17.3. The molecule has 0 N–H and O–H groups in total. The maximum atomic E-state index is 12.4.